The van der Waals surface area contributed by atoms with Gasteiger partial charge in [0.1, 0.15) is 5.75 Å². The van der Waals surface area contributed by atoms with Crippen LogP contribution in [0.4, 0.5) is 0 Å². The largest absolute Gasteiger partial charge is 0.496 e. The molecule has 1 aromatic carbocycles. The number of carbonyl (C=O) groups is 2. The zero-order valence-corrected chi connectivity index (χ0v) is 16.7. The number of piperazine rings is 1. The normalized spacial score (nSPS) is 21.5. The summed E-state index contributed by atoms with van der Waals surface area (Å²) in [5, 5.41) is 6.02. The Kier molecular flexibility index (Phi) is 7.48. The van der Waals surface area contributed by atoms with Gasteiger partial charge < -0.3 is 15.4 Å². The topological polar surface area (TPSA) is 70.7 Å². The van der Waals surface area contributed by atoms with Crippen molar-refractivity contribution < 1.29 is 14.3 Å². The van der Waals surface area contributed by atoms with Crippen molar-refractivity contribution in [1.29, 1.82) is 0 Å². The van der Waals surface area contributed by atoms with Gasteiger partial charge in [-0.2, -0.15) is 0 Å². The summed E-state index contributed by atoms with van der Waals surface area (Å²) in [7, 11) is 1.66. The number of benzene rings is 1. The molecule has 2 fully saturated rings. The maximum Gasteiger partial charge on any atom is 0.237 e. The summed E-state index contributed by atoms with van der Waals surface area (Å²) in [4.78, 5) is 27.0. The highest BCUT2D eigenvalue weighted by Crippen LogP contribution is 2.20. The molecule has 152 valence electrons. The highest BCUT2D eigenvalue weighted by molar-refractivity contribution is 5.89. The van der Waals surface area contributed by atoms with Crippen LogP contribution in [0.15, 0.2) is 30.3 Å². The molecule has 6 heteroatoms. The molecule has 0 radical (unpaired) electrons. The monoisotopic (exact) mass is 385 g/mol. The fourth-order valence-electron chi connectivity index (χ4n) is 4.03. The summed E-state index contributed by atoms with van der Waals surface area (Å²) >= 11 is 0. The van der Waals surface area contributed by atoms with Crippen LogP contribution in [0.3, 0.4) is 0 Å². The molecule has 2 N–H and O–H groups in total. The Labute approximate surface area is 167 Å². The fraction of sp³-hybridized carbons (Fsp3) is 0.545. The molecule has 1 saturated heterocycles. The van der Waals surface area contributed by atoms with E-state index in [-0.39, 0.29) is 24.3 Å². The second kappa shape index (κ2) is 10.3. The summed E-state index contributed by atoms with van der Waals surface area (Å²) in [6.45, 7) is 1.97. The highest BCUT2D eigenvalue weighted by Gasteiger charge is 2.31. The first-order valence-corrected chi connectivity index (χ1v) is 10.3. The van der Waals surface area contributed by atoms with Gasteiger partial charge in [0.15, 0.2) is 0 Å². The summed E-state index contributed by atoms with van der Waals surface area (Å²) in [6.07, 6.45) is 9.95. The van der Waals surface area contributed by atoms with Gasteiger partial charge in [-0.1, -0.05) is 49.6 Å². The van der Waals surface area contributed by atoms with Gasteiger partial charge in [-0.05, 0) is 18.9 Å². The zero-order valence-electron chi connectivity index (χ0n) is 16.7. The van der Waals surface area contributed by atoms with Crippen LogP contribution >= 0.6 is 0 Å². The van der Waals surface area contributed by atoms with Gasteiger partial charge in [0, 0.05) is 31.2 Å². The average molecular weight is 386 g/mol. The first-order chi connectivity index (χ1) is 13.7. The van der Waals surface area contributed by atoms with Crippen molar-refractivity contribution in [3.63, 3.8) is 0 Å². The lowest BCUT2D eigenvalue weighted by molar-refractivity contribution is -0.133. The molecule has 1 aromatic rings. The molecule has 1 saturated carbocycles. The van der Waals surface area contributed by atoms with Crippen LogP contribution in [0.2, 0.25) is 0 Å². The van der Waals surface area contributed by atoms with E-state index in [0.717, 1.165) is 30.7 Å². The second-order valence-corrected chi connectivity index (χ2v) is 7.55. The Bertz CT molecular complexity index is 698. The van der Waals surface area contributed by atoms with Crippen molar-refractivity contribution in [3.05, 3.63) is 35.9 Å². The molecule has 1 atom stereocenters. The summed E-state index contributed by atoms with van der Waals surface area (Å²) in [5.41, 5.74) is 0.998. The van der Waals surface area contributed by atoms with Crippen LogP contribution in [0.1, 0.15) is 44.1 Å². The molecule has 1 unspecified atom stereocenters. The van der Waals surface area contributed by atoms with Crippen molar-refractivity contribution in [1.82, 2.24) is 15.5 Å². The molecule has 2 aliphatic rings. The van der Waals surface area contributed by atoms with Crippen molar-refractivity contribution in [2.75, 3.05) is 26.7 Å². The number of methoxy groups -OCH3 is 1. The van der Waals surface area contributed by atoms with E-state index in [4.69, 9.17) is 4.74 Å². The third-order valence-corrected chi connectivity index (χ3v) is 5.57. The first kappa shape index (κ1) is 20.4. The Morgan fingerprint density at radius 2 is 2.07 bits per heavy atom. The number of ether oxygens (including phenoxy) is 1. The minimum absolute atomic E-state index is 0.0207. The molecular weight excluding hydrogens is 354 g/mol. The molecule has 28 heavy (non-hydrogen) atoms. The van der Waals surface area contributed by atoms with Crippen LogP contribution in [-0.2, 0) is 9.59 Å². The van der Waals surface area contributed by atoms with Crippen molar-refractivity contribution in [2.45, 2.75) is 50.6 Å². The van der Waals surface area contributed by atoms with Gasteiger partial charge in [0.05, 0.1) is 19.6 Å². The molecule has 0 aromatic heterocycles. The SMILES string of the molecule is COc1ccccc1C=CCN1CCNC(=O)C1CC(=O)NC1CCCCC1. The van der Waals surface area contributed by atoms with Crippen molar-refractivity contribution in [2.24, 2.45) is 0 Å². The number of nitrogens with zero attached hydrogens (tertiary/aromatic N) is 1. The summed E-state index contributed by atoms with van der Waals surface area (Å²) < 4.78 is 5.37. The number of rotatable bonds is 7. The Hall–Kier alpha value is -2.34. The van der Waals surface area contributed by atoms with Gasteiger partial charge in [-0.25, -0.2) is 0 Å². The molecule has 1 aliphatic heterocycles. The summed E-state index contributed by atoms with van der Waals surface area (Å²) in [6, 6.07) is 7.67. The van der Waals surface area contributed by atoms with Gasteiger partial charge in [0.25, 0.3) is 0 Å². The smallest absolute Gasteiger partial charge is 0.237 e. The predicted octanol–water partition coefficient (Wildman–Crippen LogP) is 2.35. The molecule has 0 bridgehead atoms. The van der Waals surface area contributed by atoms with Crippen LogP contribution < -0.4 is 15.4 Å². The zero-order chi connectivity index (χ0) is 19.8. The molecule has 3 rings (SSSR count). The minimum Gasteiger partial charge on any atom is -0.496 e. The number of carbonyl (C=O) groups excluding carboxylic acids is 2. The summed E-state index contributed by atoms with van der Waals surface area (Å²) in [5.74, 6) is 0.738. The van der Waals surface area contributed by atoms with Crippen LogP contribution in [-0.4, -0.2) is 55.5 Å². The Balaban J connectivity index is 1.57. The number of hydrogen-bond acceptors (Lipinski definition) is 4. The first-order valence-electron chi connectivity index (χ1n) is 10.3. The lowest BCUT2D eigenvalue weighted by atomic mass is 9.95. The van der Waals surface area contributed by atoms with E-state index in [1.54, 1.807) is 7.11 Å². The van der Waals surface area contributed by atoms with Gasteiger partial charge in [-0.3, -0.25) is 14.5 Å². The van der Waals surface area contributed by atoms with E-state index in [2.05, 4.69) is 15.5 Å². The Morgan fingerprint density at radius 3 is 2.86 bits per heavy atom. The van der Waals surface area contributed by atoms with Gasteiger partial charge in [0.2, 0.25) is 11.8 Å². The van der Waals surface area contributed by atoms with Crippen molar-refractivity contribution in [3.8, 4) is 5.75 Å². The van der Waals surface area contributed by atoms with E-state index in [1.807, 2.05) is 36.4 Å². The Morgan fingerprint density at radius 1 is 1.29 bits per heavy atom. The fourth-order valence-corrected chi connectivity index (χ4v) is 4.03. The average Bonchev–Trinajstić information content (AvgIpc) is 2.71. The maximum atomic E-state index is 12.5. The minimum atomic E-state index is -0.417. The van der Waals surface area contributed by atoms with Gasteiger partial charge in [-0.15, -0.1) is 0 Å². The molecule has 2 amide bonds. The van der Waals surface area contributed by atoms with Crippen LogP contribution in [0.5, 0.6) is 5.75 Å². The predicted molar refractivity (Wildman–Crippen MR) is 110 cm³/mol. The van der Waals surface area contributed by atoms with Gasteiger partial charge >= 0.3 is 0 Å². The van der Waals surface area contributed by atoms with E-state index in [0.29, 0.717) is 13.1 Å². The third-order valence-electron chi connectivity index (χ3n) is 5.57. The van der Waals surface area contributed by atoms with E-state index < -0.39 is 6.04 Å². The number of hydrogen-bond donors (Lipinski definition) is 2. The van der Waals surface area contributed by atoms with E-state index in [9.17, 15) is 9.59 Å². The van der Waals surface area contributed by atoms with Crippen molar-refractivity contribution >= 4 is 17.9 Å². The second-order valence-electron chi connectivity index (χ2n) is 7.55. The lowest BCUT2D eigenvalue weighted by Crippen LogP contribution is -2.56. The number of para-hydroxylation sites is 1. The molecule has 0 spiro atoms. The lowest BCUT2D eigenvalue weighted by Gasteiger charge is -2.34. The molecule has 1 aliphatic carbocycles. The van der Waals surface area contributed by atoms with E-state index >= 15 is 0 Å². The number of amides is 2. The molecule has 1 heterocycles. The standard InChI is InChI=1S/C22H31N3O3/c1-28-20-12-6-5-8-17(20)9-7-14-25-15-13-23-22(27)19(25)16-21(26)24-18-10-3-2-4-11-18/h5-9,12,18-19H,2-4,10-11,13-16H2,1H3,(H,23,27)(H,24,26). The van der Waals surface area contributed by atoms with Crippen LogP contribution in [0, 0.1) is 0 Å². The van der Waals surface area contributed by atoms with E-state index in [1.165, 1.54) is 19.3 Å². The number of nitrogens with one attached hydrogen (secondary N) is 2. The molecular formula is C22H31N3O3. The highest BCUT2D eigenvalue weighted by atomic mass is 16.5. The quantitative estimate of drug-likeness (QED) is 0.756. The third kappa shape index (κ3) is 5.58. The van der Waals surface area contributed by atoms with Crippen LogP contribution in [0.25, 0.3) is 6.08 Å². The molecule has 6 nitrogen and oxygen atoms in total. The maximum absolute atomic E-state index is 12.5.